The molecule has 0 aliphatic carbocycles. The van der Waals surface area contributed by atoms with Gasteiger partial charge in [0.2, 0.25) is 6.20 Å². The summed E-state index contributed by atoms with van der Waals surface area (Å²) in [5.41, 5.74) is 1.32. The molecule has 0 bridgehead atoms. The molecule has 10 heavy (non-hydrogen) atoms. The summed E-state index contributed by atoms with van der Waals surface area (Å²) >= 11 is 0. The fraction of sp³-hybridized carbons (Fsp3) is 0.375. The van der Waals surface area contributed by atoms with Crippen LogP contribution < -0.4 is 9.72 Å². The number of fused-ring (bicyclic) bond motifs is 1. The van der Waals surface area contributed by atoms with E-state index in [9.17, 15) is 0 Å². The molecule has 0 spiro atoms. The Balaban J connectivity index is 2.41. The minimum absolute atomic E-state index is 0.866. The minimum Gasteiger partial charge on any atom is -0.487 e. The van der Waals surface area contributed by atoms with Gasteiger partial charge in [-0.25, -0.2) is 4.98 Å². The smallest absolute Gasteiger partial charge is 0.209 e. The molecule has 1 aliphatic rings. The average Bonchev–Trinajstić information content (AvgIpc) is 2.05. The van der Waals surface area contributed by atoms with E-state index >= 15 is 0 Å². The van der Waals surface area contributed by atoms with Crippen LogP contribution in [0.5, 0.6) is 5.75 Å². The zero-order valence-electron chi connectivity index (χ0n) is 5.76. The molecule has 0 radical (unpaired) electrons. The lowest BCUT2D eigenvalue weighted by Crippen LogP contribution is -2.12. The summed E-state index contributed by atoms with van der Waals surface area (Å²) in [5, 5.41) is 0. The summed E-state index contributed by atoms with van der Waals surface area (Å²) in [7, 11) is 0. The van der Waals surface area contributed by atoms with Crippen molar-refractivity contribution in [2.75, 3.05) is 6.61 Å². The Hall–Kier alpha value is -1.05. The zero-order chi connectivity index (χ0) is 6.81. The molecule has 2 nitrogen and oxygen atoms in total. The molecule has 0 fully saturated rings. The third-order valence-electron chi connectivity index (χ3n) is 1.76. The molecule has 1 N–H and O–H groups in total. The molecule has 0 saturated heterocycles. The van der Waals surface area contributed by atoms with E-state index in [2.05, 4.69) is 11.1 Å². The van der Waals surface area contributed by atoms with E-state index in [0.717, 1.165) is 25.2 Å². The fourth-order valence-electron chi connectivity index (χ4n) is 1.23. The first kappa shape index (κ1) is 5.71. The highest BCUT2D eigenvalue weighted by molar-refractivity contribution is 5.29. The monoisotopic (exact) mass is 136 g/mol. The van der Waals surface area contributed by atoms with Crippen LogP contribution in [0.25, 0.3) is 0 Å². The Morgan fingerprint density at radius 2 is 2.50 bits per heavy atom. The molecule has 2 heteroatoms. The molecular formula is C8H10NO+. The number of hydrogen-bond donors (Lipinski definition) is 0. The van der Waals surface area contributed by atoms with Crippen molar-refractivity contribution in [2.45, 2.75) is 12.8 Å². The van der Waals surface area contributed by atoms with Crippen molar-refractivity contribution >= 4 is 0 Å². The maximum Gasteiger partial charge on any atom is 0.209 e. The van der Waals surface area contributed by atoms with E-state index in [4.69, 9.17) is 4.74 Å². The molecule has 1 aromatic heterocycles. The van der Waals surface area contributed by atoms with Gasteiger partial charge in [-0.3, -0.25) is 0 Å². The average molecular weight is 136 g/mol. The third-order valence-corrected chi connectivity index (χ3v) is 1.76. The molecule has 2 rings (SSSR count). The largest absolute Gasteiger partial charge is 0.487 e. The fourth-order valence-corrected chi connectivity index (χ4v) is 1.23. The summed E-state index contributed by atoms with van der Waals surface area (Å²) < 4.78 is 5.39. The number of rotatable bonds is 0. The number of ether oxygens (including phenoxy) is 1. The first-order chi connectivity index (χ1) is 4.97. The van der Waals surface area contributed by atoms with Crippen LogP contribution in [0.15, 0.2) is 18.5 Å². The van der Waals surface area contributed by atoms with Crippen molar-refractivity contribution in [3.05, 3.63) is 24.0 Å². The molecule has 1 aromatic rings. The lowest BCUT2D eigenvalue weighted by Gasteiger charge is -2.13. The number of aryl methyl sites for hydroxylation is 1. The van der Waals surface area contributed by atoms with Crippen LogP contribution in [0, 0.1) is 0 Å². The van der Waals surface area contributed by atoms with Crippen molar-refractivity contribution in [3.63, 3.8) is 0 Å². The molecule has 2 heterocycles. The van der Waals surface area contributed by atoms with Gasteiger partial charge in [0.1, 0.15) is 0 Å². The summed E-state index contributed by atoms with van der Waals surface area (Å²) in [4.78, 5) is 3.00. The number of nitrogens with one attached hydrogen (secondary N) is 1. The summed E-state index contributed by atoms with van der Waals surface area (Å²) in [6.45, 7) is 0.866. The van der Waals surface area contributed by atoms with Gasteiger partial charge in [0.05, 0.1) is 6.61 Å². The number of aromatic amines is 1. The molecule has 1 aliphatic heterocycles. The Labute approximate surface area is 59.9 Å². The highest BCUT2D eigenvalue weighted by Crippen LogP contribution is 2.20. The van der Waals surface area contributed by atoms with Crippen LogP contribution in [-0.2, 0) is 6.42 Å². The maximum atomic E-state index is 5.39. The summed E-state index contributed by atoms with van der Waals surface area (Å²) in [6, 6.07) is 2.08. The van der Waals surface area contributed by atoms with E-state index in [-0.39, 0.29) is 0 Å². The van der Waals surface area contributed by atoms with Gasteiger partial charge in [0.15, 0.2) is 11.9 Å². The lowest BCUT2D eigenvalue weighted by molar-refractivity contribution is -0.379. The first-order valence-corrected chi connectivity index (χ1v) is 3.58. The van der Waals surface area contributed by atoms with Crippen LogP contribution in [0.2, 0.25) is 0 Å². The first-order valence-electron chi connectivity index (χ1n) is 3.58. The molecule has 0 unspecified atom stereocenters. The SMILES string of the molecule is c1cc2c(c[nH+]1)OCCC2. The number of aromatic nitrogens is 1. The van der Waals surface area contributed by atoms with E-state index in [1.54, 1.807) is 0 Å². The molecule has 0 amide bonds. The Kier molecular flexibility index (Phi) is 1.31. The molecular weight excluding hydrogens is 126 g/mol. The van der Waals surface area contributed by atoms with Crippen molar-refractivity contribution in [1.82, 2.24) is 0 Å². The number of hydrogen-bond acceptors (Lipinski definition) is 1. The van der Waals surface area contributed by atoms with Crippen LogP contribution in [0.4, 0.5) is 0 Å². The zero-order valence-corrected chi connectivity index (χ0v) is 5.76. The topological polar surface area (TPSA) is 23.4 Å². The van der Waals surface area contributed by atoms with Gasteiger partial charge in [0.25, 0.3) is 0 Å². The molecule has 0 saturated carbocycles. The standard InChI is InChI=1S/C8H9NO/c1-2-7-3-4-9-6-8(7)10-5-1/h3-4,6H,1-2,5H2/p+1. The Morgan fingerprint density at radius 1 is 1.50 bits per heavy atom. The van der Waals surface area contributed by atoms with Gasteiger partial charge in [-0.1, -0.05) is 0 Å². The van der Waals surface area contributed by atoms with Gasteiger partial charge in [0, 0.05) is 11.6 Å². The van der Waals surface area contributed by atoms with E-state index in [1.807, 2.05) is 12.4 Å². The molecule has 0 atom stereocenters. The molecule has 0 aromatic carbocycles. The maximum absolute atomic E-state index is 5.39. The third kappa shape index (κ3) is 0.856. The van der Waals surface area contributed by atoms with E-state index in [1.165, 1.54) is 5.56 Å². The highest BCUT2D eigenvalue weighted by atomic mass is 16.5. The number of H-pyrrole nitrogens is 1. The summed E-state index contributed by atoms with van der Waals surface area (Å²) in [5.74, 6) is 1.02. The van der Waals surface area contributed by atoms with Gasteiger partial charge < -0.3 is 4.74 Å². The van der Waals surface area contributed by atoms with Crippen molar-refractivity contribution < 1.29 is 9.72 Å². The van der Waals surface area contributed by atoms with Crippen LogP contribution in [0.3, 0.4) is 0 Å². The second-order valence-corrected chi connectivity index (χ2v) is 2.49. The predicted molar refractivity (Wildman–Crippen MR) is 36.8 cm³/mol. The predicted octanol–water partition coefficient (Wildman–Crippen LogP) is 0.826. The lowest BCUT2D eigenvalue weighted by atomic mass is 10.1. The van der Waals surface area contributed by atoms with Crippen LogP contribution in [0.1, 0.15) is 12.0 Å². The van der Waals surface area contributed by atoms with Crippen molar-refractivity contribution in [3.8, 4) is 5.75 Å². The summed E-state index contributed by atoms with van der Waals surface area (Å²) in [6.07, 6.45) is 6.16. The second kappa shape index (κ2) is 2.29. The minimum atomic E-state index is 0.866. The van der Waals surface area contributed by atoms with Gasteiger partial charge in [-0.2, -0.15) is 0 Å². The van der Waals surface area contributed by atoms with Crippen LogP contribution in [-0.4, -0.2) is 6.61 Å². The van der Waals surface area contributed by atoms with Gasteiger partial charge >= 0.3 is 0 Å². The van der Waals surface area contributed by atoms with Crippen molar-refractivity contribution in [1.29, 1.82) is 0 Å². The van der Waals surface area contributed by atoms with E-state index in [0.29, 0.717) is 0 Å². The number of pyridine rings is 1. The Morgan fingerprint density at radius 3 is 3.40 bits per heavy atom. The quantitative estimate of drug-likeness (QED) is 0.518. The van der Waals surface area contributed by atoms with Gasteiger partial charge in [-0.05, 0) is 12.8 Å². The van der Waals surface area contributed by atoms with Crippen molar-refractivity contribution in [2.24, 2.45) is 0 Å². The van der Waals surface area contributed by atoms with E-state index < -0.39 is 0 Å². The van der Waals surface area contributed by atoms with Crippen LogP contribution >= 0.6 is 0 Å². The van der Waals surface area contributed by atoms with Gasteiger partial charge in [-0.15, -0.1) is 0 Å². The highest BCUT2D eigenvalue weighted by Gasteiger charge is 2.10. The second-order valence-electron chi connectivity index (χ2n) is 2.49. The normalized spacial score (nSPS) is 15.6. The molecule has 52 valence electrons. The Bertz CT molecular complexity index is 209.